The Labute approximate surface area is 132 Å². The summed E-state index contributed by atoms with van der Waals surface area (Å²) in [6.07, 6.45) is 1.83. The molecule has 2 nitrogen and oxygen atoms in total. The lowest BCUT2D eigenvalue weighted by Crippen LogP contribution is -2.23. The first kappa shape index (κ1) is 16.1. The lowest BCUT2D eigenvalue weighted by molar-refractivity contribution is 0.589. The van der Waals surface area contributed by atoms with Crippen molar-refractivity contribution in [1.29, 1.82) is 0 Å². The van der Waals surface area contributed by atoms with Gasteiger partial charge in [-0.25, -0.2) is 0 Å². The molecule has 0 spiro atoms. The molecule has 0 aliphatic heterocycles. The number of nitrogens with zero attached hydrogens (tertiary/aromatic N) is 1. The lowest BCUT2D eigenvalue weighted by atomic mass is 9.87. The molecule has 21 heavy (non-hydrogen) atoms. The molecule has 1 heterocycles. The number of thioether (sulfide) groups is 1. The maximum absolute atomic E-state index is 6.15. The molecule has 2 aromatic rings. The average Bonchev–Trinajstić information content (AvgIpc) is 2.45. The van der Waals surface area contributed by atoms with E-state index in [2.05, 4.69) is 50.0 Å². The minimum Gasteiger partial charge on any atom is -0.327 e. The molecule has 0 aliphatic rings. The minimum absolute atomic E-state index is 0.0483. The van der Waals surface area contributed by atoms with Crippen molar-refractivity contribution in [2.45, 2.75) is 49.3 Å². The predicted octanol–water partition coefficient (Wildman–Crippen LogP) is 4.56. The van der Waals surface area contributed by atoms with Gasteiger partial charge in [0.25, 0.3) is 0 Å². The van der Waals surface area contributed by atoms with Gasteiger partial charge in [0.05, 0.1) is 10.9 Å². The summed E-state index contributed by atoms with van der Waals surface area (Å²) in [6, 6.07) is 14.8. The normalized spacial score (nSPS) is 14.7. The molecule has 2 atom stereocenters. The van der Waals surface area contributed by atoms with Crippen LogP contribution in [0.5, 0.6) is 0 Å². The van der Waals surface area contributed by atoms with E-state index in [-0.39, 0.29) is 16.7 Å². The van der Waals surface area contributed by atoms with Gasteiger partial charge in [-0.15, -0.1) is 11.8 Å². The highest BCUT2D eigenvalue weighted by molar-refractivity contribution is 7.99. The van der Waals surface area contributed by atoms with Crippen LogP contribution < -0.4 is 5.73 Å². The molecule has 2 rings (SSSR count). The molecule has 0 bridgehead atoms. The van der Waals surface area contributed by atoms with Crippen LogP contribution in [0.15, 0.2) is 53.6 Å². The number of benzene rings is 1. The van der Waals surface area contributed by atoms with Crippen LogP contribution in [-0.2, 0) is 5.41 Å². The first-order chi connectivity index (χ1) is 9.88. The summed E-state index contributed by atoms with van der Waals surface area (Å²) in [4.78, 5) is 5.68. The number of hydrogen-bond donors (Lipinski definition) is 1. The summed E-state index contributed by atoms with van der Waals surface area (Å²) in [6.45, 7) is 8.73. The molecule has 0 amide bonds. The zero-order valence-corrected chi connectivity index (χ0v) is 14.0. The molecule has 112 valence electrons. The second-order valence-corrected chi connectivity index (χ2v) is 7.64. The molecule has 1 aromatic heterocycles. The van der Waals surface area contributed by atoms with Crippen LogP contribution in [0.2, 0.25) is 0 Å². The van der Waals surface area contributed by atoms with Crippen molar-refractivity contribution in [2.75, 3.05) is 0 Å². The molecule has 3 heteroatoms. The summed E-state index contributed by atoms with van der Waals surface area (Å²) in [5, 5.41) is 0.173. The quantitative estimate of drug-likeness (QED) is 0.841. The third kappa shape index (κ3) is 4.32. The zero-order valence-electron chi connectivity index (χ0n) is 13.2. The monoisotopic (exact) mass is 300 g/mol. The van der Waals surface area contributed by atoms with Gasteiger partial charge < -0.3 is 5.73 Å². The predicted molar refractivity (Wildman–Crippen MR) is 91.6 cm³/mol. The first-order valence-corrected chi connectivity index (χ1v) is 8.19. The molecular formula is C18H24N2S. The summed E-state index contributed by atoms with van der Waals surface area (Å²) < 4.78 is 0. The fourth-order valence-electron chi connectivity index (χ4n) is 2.16. The Morgan fingerprint density at radius 3 is 2.19 bits per heavy atom. The van der Waals surface area contributed by atoms with Crippen molar-refractivity contribution in [3.05, 3.63) is 59.9 Å². The van der Waals surface area contributed by atoms with E-state index in [1.54, 1.807) is 11.8 Å². The molecule has 0 saturated carbocycles. The van der Waals surface area contributed by atoms with E-state index < -0.39 is 0 Å². The topological polar surface area (TPSA) is 38.9 Å². The van der Waals surface area contributed by atoms with E-state index in [1.807, 2.05) is 31.3 Å². The highest BCUT2D eigenvalue weighted by Gasteiger charge is 2.19. The van der Waals surface area contributed by atoms with Crippen LogP contribution in [0.1, 0.15) is 44.2 Å². The highest BCUT2D eigenvalue weighted by atomic mass is 32.2. The largest absolute Gasteiger partial charge is 0.327 e. The van der Waals surface area contributed by atoms with Crippen molar-refractivity contribution >= 4 is 11.8 Å². The maximum atomic E-state index is 6.15. The van der Waals surface area contributed by atoms with E-state index in [9.17, 15) is 0 Å². The lowest BCUT2D eigenvalue weighted by Gasteiger charge is -2.22. The first-order valence-electron chi connectivity index (χ1n) is 7.31. The van der Waals surface area contributed by atoms with E-state index in [0.717, 1.165) is 5.69 Å². The Kier molecular flexibility index (Phi) is 5.07. The summed E-state index contributed by atoms with van der Waals surface area (Å²) in [5.74, 6) is 0. The fourth-order valence-corrected chi connectivity index (χ4v) is 3.22. The van der Waals surface area contributed by atoms with Gasteiger partial charge in [0, 0.05) is 17.1 Å². The van der Waals surface area contributed by atoms with Gasteiger partial charge in [-0.2, -0.15) is 0 Å². The summed E-state index contributed by atoms with van der Waals surface area (Å²) >= 11 is 1.78. The fraction of sp³-hybridized carbons (Fsp3) is 0.389. The van der Waals surface area contributed by atoms with E-state index in [0.29, 0.717) is 0 Å². The maximum Gasteiger partial charge on any atom is 0.0665 e. The SMILES string of the molecule is CC(N)C(Sc1ccc(C(C)(C)C)cc1)c1ccccn1. The minimum atomic E-state index is 0.0483. The van der Waals surface area contributed by atoms with Crippen molar-refractivity contribution in [1.82, 2.24) is 4.98 Å². The Balaban J connectivity index is 2.18. The van der Waals surface area contributed by atoms with Gasteiger partial charge in [-0.05, 0) is 42.2 Å². The average molecular weight is 300 g/mol. The number of hydrogen-bond acceptors (Lipinski definition) is 3. The van der Waals surface area contributed by atoms with Crippen LogP contribution in [0.4, 0.5) is 0 Å². The van der Waals surface area contributed by atoms with Gasteiger partial charge >= 0.3 is 0 Å². The van der Waals surface area contributed by atoms with Gasteiger partial charge in [0.2, 0.25) is 0 Å². The smallest absolute Gasteiger partial charge is 0.0665 e. The molecule has 2 N–H and O–H groups in total. The molecular weight excluding hydrogens is 276 g/mol. The van der Waals surface area contributed by atoms with Crippen LogP contribution in [0.3, 0.4) is 0 Å². The van der Waals surface area contributed by atoms with Crippen LogP contribution in [0, 0.1) is 0 Å². The van der Waals surface area contributed by atoms with Crippen LogP contribution in [0.25, 0.3) is 0 Å². The second-order valence-electron chi connectivity index (χ2n) is 6.43. The number of rotatable bonds is 4. The molecule has 0 fully saturated rings. The molecule has 0 radical (unpaired) electrons. The number of nitrogens with two attached hydrogens (primary N) is 1. The standard InChI is InChI=1S/C18H24N2S/c1-13(19)17(16-7-5-6-12-20-16)21-15-10-8-14(9-11-15)18(2,3)4/h5-13,17H,19H2,1-4H3. The molecule has 0 aliphatic carbocycles. The Bertz CT molecular complexity index is 556. The van der Waals surface area contributed by atoms with Crippen molar-refractivity contribution in [3.8, 4) is 0 Å². The van der Waals surface area contributed by atoms with Crippen molar-refractivity contribution < 1.29 is 0 Å². The van der Waals surface area contributed by atoms with Gasteiger partial charge in [-0.1, -0.05) is 39.0 Å². The number of aromatic nitrogens is 1. The molecule has 0 saturated heterocycles. The summed E-state index contributed by atoms with van der Waals surface area (Å²) in [5.41, 5.74) is 8.73. The van der Waals surface area contributed by atoms with Gasteiger partial charge in [0.1, 0.15) is 0 Å². The van der Waals surface area contributed by atoms with Crippen LogP contribution in [-0.4, -0.2) is 11.0 Å². The zero-order chi connectivity index (χ0) is 15.5. The highest BCUT2D eigenvalue weighted by Crippen LogP contribution is 2.37. The van der Waals surface area contributed by atoms with Crippen molar-refractivity contribution in [3.63, 3.8) is 0 Å². The third-order valence-electron chi connectivity index (χ3n) is 3.44. The van der Waals surface area contributed by atoms with Crippen LogP contribution >= 0.6 is 11.8 Å². The summed E-state index contributed by atoms with van der Waals surface area (Å²) in [7, 11) is 0. The molecule has 1 aromatic carbocycles. The van der Waals surface area contributed by atoms with E-state index in [1.165, 1.54) is 10.5 Å². The van der Waals surface area contributed by atoms with Gasteiger partial charge in [0.15, 0.2) is 0 Å². The Morgan fingerprint density at radius 2 is 1.71 bits per heavy atom. The van der Waals surface area contributed by atoms with E-state index >= 15 is 0 Å². The van der Waals surface area contributed by atoms with E-state index in [4.69, 9.17) is 5.73 Å². The third-order valence-corrected chi connectivity index (χ3v) is 4.91. The molecule has 2 unspecified atom stereocenters. The Morgan fingerprint density at radius 1 is 1.05 bits per heavy atom. The number of pyridine rings is 1. The van der Waals surface area contributed by atoms with Gasteiger partial charge in [-0.3, -0.25) is 4.98 Å². The van der Waals surface area contributed by atoms with Crippen molar-refractivity contribution in [2.24, 2.45) is 5.73 Å². The second kappa shape index (κ2) is 6.63. The Hall–Kier alpha value is -1.32.